The fraction of sp³-hybridized carbons (Fsp3) is 0.600. The number of carbonyl (C=O) groups is 2. The third-order valence-electron chi connectivity index (χ3n) is 4.35. The summed E-state index contributed by atoms with van der Waals surface area (Å²) in [7, 11) is 0. The Morgan fingerprint density at radius 2 is 1.37 bits per heavy atom. The Balaban J connectivity index is 2.13. The van der Waals surface area contributed by atoms with Gasteiger partial charge in [-0.3, -0.25) is 0 Å². The first-order valence-electron chi connectivity index (χ1n) is 6.78. The number of hydrogen-bond acceptors (Lipinski definition) is 4. The minimum absolute atomic E-state index is 0.164. The SMILES string of the molecule is C=CC(=O)O[C@@H]1CCCC12CCC[C@H]2OC(=O)C=C. The molecule has 1 spiro atoms. The van der Waals surface area contributed by atoms with Gasteiger partial charge in [0, 0.05) is 17.6 Å². The van der Waals surface area contributed by atoms with Crippen molar-refractivity contribution in [2.45, 2.75) is 50.7 Å². The second-order valence-electron chi connectivity index (χ2n) is 5.28. The van der Waals surface area contributed by atoms with E-state index in [9.17, 15) is 9.59 Å². The molecule has 0 aromatic rings. The molecule has 2 aliphatic rings. The van der Waals surface area contributed by atoms with Gasteiger partial charge in [0.25, 0.3) is 0 Å². The molecule has 2 fully saturated rings. The van der Waals surface area contributed by atoms with E-state index in [0.29, 0.717) is 0 Å². The molecule has 4 heteroatoms. The van der Waals surface area contributed by atoms with Gasteiger partial charge >= 0.3 is 11.9 Å². The van der Waals surface area contributed by atoms with Crippen LogP contribution < -0.4 is 0 Å². The predicted molar refractivity (Wildman–Crippen MR) is 70.3 cm³/mol. The van der Waals surface area contributed by atoms with Gasteiger partial charge in [-0.1, -0.05) is 13.2 Å². The van der Waals surface area contributed by atoms with Gasteiger partial charge in [-0.25, -0.2) is 9.59 Å². The van der Waals surface area contributed by atoms with Crippen molar-refractivity contribution in [3.8, 4) is 0 Å². The molecular formula is C15H20O4. The Bertz CT molecular complexity index is 361. The minimum atomic E-state index is -0.396. The van der Waals surface area contributed by atoms with E-state index in [1.165, 1.54) is 12.2 Å². The molecule has 0 aromatic carbocycles. The van der Waals surface area contributed by atoms with Gasteiger partial charge in [0.05, 0.1) is 0 Å². The van der Waals surface area contributed by atoms with Crippen LogP contribution in [0.2, 0.25) is 0 Å². The summed E-state index contributed by atoms with van der Waals surface area (Å²) in [5, 5.41) is 0. The van der Waals surface area contributed by atoms with Gasteiger partial charge in [-0.05, 0) is 38.5 Å². The smallest absolute Gasteiger partial charge is 0.330 e. The van der Waals surface area contributed by atoms with Crippen LogP contribution in [0.5, 0.6) is 0 Å². The van der Waals surface area contributed by atoms with Gasteiger partial charge in [0.1, 0.15) is 12.2 Å². The lowest BCUT2D eigenvalue weighted by atomic mass is 9.80. The average Bonchev–Trinajstić information content (AvgIpc) is 2.99. The predicted octanol–water partition coefficient (Wildman–Crippen LogP) is 2.54. The monoisotopic (exact) mass is 264 g/mol. The molecule has 19 heavy (non-hydrogen) atoms. The first-order valence-corrected chi connectivity index (χ1v) is 6.78. The number of rotatable bonds is 4. The van der Waals surface area contributed by atoms with E-state index in [0.717, 1.165) is 38.5 Å². The van der Waals surface area contributed by atoms with Crippen LogP contribution >= 0.6 is 0 Å². The molecule has 2 rings (SSSR count). The number of esters is 2. The third kappa shape index (κ3) is 2.57. The lowest BCUT2D eigenvalue weighted by molar-refractivity contribution is -0.161. The summed E-state index contributed by atoms with van der Waals surface area (Å²) in [5.41, 5.74) is -0.197. The zero-order chi connectivity index (χ0) is 13.9. The van der Waals surface area contributed by atoms with Crippen molar-refractivity contribution in [1.29, 1.82) is 0 Å². The Kier molecular flexibility index (Phi) is 4.08. The maximum absolute atomic E-state index is 11.4. The summed E-state index contributed by atoms with van der Waals surface area (Å²) in [6.45, 7) is 6.85. The van der Waals surface area contributed by atoms with Crippen LogP contribution in [0.15, 0.2) is 25.3 Å². The Morgan fingerprint density at radius 1 is 0.947 bits per heavy atom. The number of hydrogen-bond donors (Lipinski definition) is 0. The van der Waals surface area contributed by atoms with E-state index >= 15 is 0 Å². The van der Waals surface area contributed by atoms with Crippen molar-refractivity contribution < 1.29 is 19.1 Å². The fourth-order valence-corrected chi connectivity index (χ4v) is 3.51. The first-order chi connectivity index (χ1) is 9.12. The summed E-state index contributed by atoms with van der Waals surface area (Å²) in [5.74, 6) is -0.793. The summed E-state index contributed by atoms with van der Waals surface area (Å²) in [4.78, 5) is 22.9. The molecule has 2 aliphatic carbocycles. The van der Waals surface area contributed by atoms with Crippen LogP contribution in [0.25, 0.3) is 0 Å². The third-order valence-corrected chi connectivity index (χ3v) is 4.35. The van der Waals surface area contributed by atoms with Crippen molar-refractivity contribution in [1.82, 2.24) is 0 Å². The zero-order valence-electron chi connectivity index (χ0n) is 11.1. The molecule has 104 valence electrons. The van der Waals surface area contributed by atoms with Crippen molar-refractivity contribution >= 4 is 11.9 Å². The van der Waals surface area contributed by atoms with Crippen LogP contribution in [0.4, 0.5) is 0 Å². The Hall–Kier alpha value is -1.58. The maximum Gasteiger partial charge on any atom is 0.330 e. The van der Waals surface area contributed by atoms with Crippen LogP contribution in [-0.4, -0.2) is 24.1 Å². The van der Waals surface area contributed by atoms with Crippen LogP contribution in [-0.2, 0) is 19.1 Å². The molecule has 0 bridgehead atoms. The van der Waals surface area contributed by atoms with E-state index in [1.54, 1.807) is 0 Å². The van der Waals surface area contributed by atoms with Gasteiger partial charge in [-0.2, -0.15) is 0 Å². The maximum atomic E-state index is 11.4. The van der Waals surface area contributed by atoms with Crippen molar-refractivity contribution in [3.63, 3.8) is 0 Å². The topological polar surface area (TPSA) is 52.6 Å². The quantitative estimate of drug-likeness (QED) is 0.578. The molecule has 4 nitrogen and oxygen atoms in total. The van der Waals surface area contributed by atoms with Crippen LogP contribution in [0, 0.1) is 5.41 Å². The second-order valence-corrected chi connectivity index (χ2v) is 5.28. The summed E-state index contributed by atoms with van der Waals surface area (Å²) >= 11 is 0. The standard InChI is InChI=1S/C15H20O4/c1-3-13(16)18-11-7-5-9-15(11)10-6-8-12(15)19-14(17)4-2/h3-4,11-12H,1-2,5-10H2/t11-,12-,15?/m1/s1. The highest BCUT2D eigenvalue weighted by molar-refractivity contribution is 5.82. The summed E-state index contributed by atoms with van der Waals surface area (Å²) in [6.07, 6.45) is 7.59. The minimum Gasteiger partial charge on any atom is -0.458 e. The molecule has 0 saturated heterocycles. The van der Waals surface area contributed by atoms with E-state index in [2.05, 4.69) is 13.2 Å². The highest BCUT2D eigenvalue weighted by Gasteiger charge is 2.54. The highest BCUT2D eigenvalue weighted by atomic mass is 16.6. The molecule has 0 radical (unpaired) electrons. The molecule has 0 aliphatic heterocycles. The highest BCUT2D eigenvalue weighted by Crippen LogP contribution is 2.53. The second kappa shape index (κ2) is 5.59. The van der Waals surface area contributed by atoms with Gasteiger partial charge in [0.2, 0.25) is 0 Å². The molecule has 0 heterocycles. The van der Waals surface area contributed by atoms with Gasteiger partial charge in [0.15, 0.2) is 0 Å². The van der Waals surface area contributed by atoms with Crippen LogP contribution in [0.3, 0.4) is 0 Å². The average molecular weight is 264 g/mol. The van der Waals surface area contributed by atoms with E-state index in [1.807, 2.05) is 0 Å². The van der Waals surface area contributed by atoms with Crippen molar-refractivity contribution in [2.75, 3.05) is 0 Å². The van der Waals surface area contributed by atoms with Crippen molar-refractivity contribution in [2.24, 2.45) is 5.41 Å². The first kappa shape index (κ1) is 13.8. The molecule has 0 aromatic heterocycles. The number of ether oxygens (including phenoxy) is 2. The molecule has 2 atom stereocenters. The summed E-state index contributed by atoms with van der Waals surface area (Å²) in [6, 6.07) is 0. The van der Waals surface area contributed by atoms with E-state index < -0.39 is 11.9 Å². The van der Waals surface area contributed by atoms with Gasteiger partial charge in [-0.15, -0.1) is 0 Å². The molecular weight excluding hydrogens is 244 g/mol. The lowest BCUT2D eigenvalue weighted by Gasteiger charge is -2.35. The van der Waals surface area contributed by atoms with E-state index in [4.69, 9.17) is 9.47 Å². The molecule has 0 N–H and O–H groups in total. The van der Waals surface area contributed by atoms with Gasteiger partial charge < -0.3 is 9.47 Å². The zero-order valence-corrected chi connectivity index (χ0v) is 11.1. The molecule has 0 amide bonds. The molecule has 2 saturated carbocycles. The largest absolute Gasteiger partial charge is 0.458 e. The normalized spacial score (nSPS) is 28.0. The number of carbonyl (C=O) groups excluding carboxylic acids is 2. The lowest BCUT2D eigenvalue weighted by Crippen LogP contribution is -2.42. The Morgan fingerprint density at radius 3 is 1.74 bits per heavy atom. The fourth-order valence-electron chi connectivity index (χ4n) is 3.51. The van der Waals surface area contributed by atoms with Crippen LogP contribution in [0.1, 0.15) is 38.5 Å². The van der Waals surface area contributed by atoms with E-state index in [-0.39, 0.29) is 17.6 Å². The molecule has 0 unspecified atom stereocenters. The van der Waals surface area contributed by atoms with Crippen molar-refractivity contribution in [3.05, 3.63) is 25.3 Å². The Labute approximate surface area is 113 Å². The summed E-state index contributed by atoms with van der Waals surface area (Å²) < 4.78 is 10.9.